The van der Waals surface area contributed by atoms with Crippen molar-refractivity contribution in [2.75, 3.05) is 5.32 Å². The normalized spacial score (nSPS) is 12.1. The number of carbonyl (C=O) groups is 1. The molecule has 19 heavy (non-hydrogen) atoms. The number of benzene rings is 1. The number of rotatable bonds is 5. The molecule has 100 valence electrons. The molecule has 0 aliphatic rings. The maximum atomic E-state index is 10.9. The first-order valence-electron chi connectivity index (χ1n) is 5.88. The lowest BCUT2D eigenvalue weighted by Crippen LogP contribution is -2.17. The van der Waals surface area contributed by atoms with Gasteiger partial charge < -0.3 is 10.4 Å². The van der Waals surface area contributed by atoms with Gasteiger partial charge in [-0.3, -0.25) is 0 Å². The third kappa shape index (κ3) is 3.81. The summed E-state index contributed by atoms with van der Waals surface area (Å²) in [6, 6.07) is 9.45. The Labute approximate surface area is 124 Å². The van der Waals surface area contributed by atoms with E-state index in [1.165, 1.54) is 4.88 Å². The molecule has 0 amide bonds. The van der Waals surface area contributed by atoms with Crippen molar-refractivity contribution in [2.24, 2.45) is 0 Å². The molecule has 1 atom stereocenters. The van der Waals surface area contributed by atoms with Crippen LogP contribution in [0, 0.1) is 0 Å². The fourth-order valence-electron chi connectivity index (χ4n) is 1.81. The lowest BCUT2D eigenvalue weighted by Gasteiger charge is -2.16. The van der Waals surface area contributed by atoms with Gasteiger partial charge in [-0.05, 0) is 52.5 Å². The van der Waals surface area contributed by atoms with E-state index in [4.69, 9.17) is 5.11 Å². The maximum absolute atomic E-state index is 10.9. The lowest BCUT2D eigenvalue weighted by atomic mass is 10.1. The van der Waals surface area contributed by atoms with E-state index in [0.717, 1.165) is 16.6 Å². The minimum Gasteiger partial charge on any atom is -0.478 e. The van der Waals surface area contributed by atoms with E-state index < -0.39 is 5.97 Å². The Morgan fingerprint density at radius 3 is 2.84 bits per heavy atom. The predicted octanol–water partition coefficient (Wildman–Crippen LogP) is 4.25. The number of nitrogens with one attached hydrogen (secondary N) is 1. The summed E-state index contributed by atoms with van der Waals surface area (Å²) in [6.07, 6.45) is 0.949. The highest BCUT2D eigenvalue weighted by Gasteiger charge is 2.09. The molecule has 2 aromatic rings. The van der Waals surface area contributed by atoms with Gasteiger partial charge in [-0.25, -0.2) is 4.79 Å². The van der Waals surface area contributed by atoms with Gasteiger partial charge in [0.15, 0.2) is 0 Å². The Balaban J connectivity index is 2.04. The quantitative estimate of drug-likeness (QED) is 0.855. The first-order chi connectivity index (χ1) is 9.06. The molecule has 3 nitrogen and oxygen atoms in total. The van der Waals surface area contributed by atoms with E-state index in [9.17, 15) is 4.79 Å². The summed E-state index contributed by atoms with van der Waals surface area (Å²) >= 11 is 5.14. The molecule has 1 heterocycles. The molecule has 0 aliphatic carbocycles. The van der Waals surface area contributed by atoms with E-state index in [2.05, 4.69) is 39.6 Å². The van der Waals surface area contributed by atoms with Crippen LogP contribution in [0.4, 0.5) is 5.69 Å². The average molecular weight is 340 g/mol. The van der Waals surface area contributed by atoms with E-state index in [1.54, 1.807) is 29.5 Å². The third-order valence-electron chi connectivity index (χ3n) is 2.71. The molecule has 1 aromatic heterocycles. The molecule has 1 aromatic carbocycles. The fourth-order valence-corrected chi connectivity index (χ4v) is 3.14. The van der Waals surface area contributed by atoms with E-state index >= 15 is 0 Å². The molecular formula is C14H14BrNO2S. The minimum absolute atomic E-state index is 0.281. The Morgan fingerprint density at radius 2 is 2.26 bits per heavy atom. The van der Waals surface area contributed by atoms with Crippen molar-refractivity contribution in [2.45, 2.75) is 19.4 Å². The van der Waals surface area contributed by atoms with E-state index in [1.807, 2.05) is 6.07 Å². The van der Waals surface area contributed by atoms with Crippen LogP contribution < -0.4 is 5.32 Å². The summed E-state index contributed by atoms with van der Waals surface area (Å²) in [5.74, 6) is -0.918. The van der Waals surface area contributed by atoms with Crippen LogP contribution in [-0.2, 0) is 6.42 Å². The topological polar surface area (TPSA) is 49.3 Å². The zero-order valence-electron chi connectivity index (χ0n) is 10.4. The van der Waals surface area contributed by atoms with Gasteiger partial charge in [0.05, 0.1) is 5.56 Å². The van der Waals surface area contributed by atoms with Crippen LogP contribution in [0.25, 0.3) is 0 Å². The first kappa shape index (κ1) is 14.1. The van der Waals surface area contributed by atoms with Crippen LogP contribution in [0.5, 0.6) is 0 Å². The van der Waals surface area contributed by atoms with E-state index in [0.29, 0.717) is 0 Å². The number of aromatic carboxylic acids is 1. The third-order valence-corrected chi connectivity index (χ3v) is 4.26. The Morgan fingerprint density at radius 1 is 1.47 bits per heavy atom. The molecular weight excluding hydrogens is 326 g/mol. The summed E-state index contributed by atoms with van der Waals surface area (Å²) in [4.78, 5) is 12.2. The maximum Gasteiger partial charge on any atom is 0.335 e. The largest absolute Gasteiger partial charge is 0.478 e. The number of thiophene rings is 1. The summed E-state index contributed by atoms with van der Waals surface area (Å²) in [7, 11) is 0. The van der Waals surface area contributed by atoms with E-state index in [-0.39, 0.29) is 11.6 Å². The molecule has 1 unspecified atom stereocenters. The molecule has 0 fully saturated rings. The Hall–Kier alpha value is -1.33. The molecule has 0 spiro atoms. The molecule has 0 saturated heterocycles. The van der Waals surface area contributed by atoms with Crippen molar-refractivity contribution in [3.63, 3.8) is 0 Å². The van der Waals surface area contributed by atoms with Crippen LogP contribution in [0.1, 0.15) is 22.2 Å². The molecule has 2 rings (SSSR count). The number of anilines is 1. The lowest BCUT2D eigenvalue weighted by molar-refractivity contribution is 0.0697. The molecule has 0 saturated carbocycles. The van der Waals surface area contributed by atoms with Gasteiger partial charge in [-0.15, -0.1) is 11.3 Å². The van der Waals surface area contributed by atoms with Gasteiger partial charge in [0, 0.05) is 27.5 Å². The summed E-state index contributed by atoms with van der Waals surface area (Å²) in [5, 5.41) is 14.4. The molecule has 0 bridgehead atoms. The average Bonchev–Trinajstić information content (AvgIpc) is 2.84. The number of carboxylic acids is 1. The first-order valence-corrected chi connectivity index (χ1v) is 7.55. The highest BCUT2D eigenvalue weighted by atomic mass is 79.9. The van der Waals surface area contributed by atoms with Crippen molar-refractivity contribution in [3.05, 3.63) is 50.6 Å². The van der Waals surface area contributed by atoms with Crippen molar-refractivity contribution in [1.29, 1.82) is 0 Å². The zero-order chi connectivity index (χ0) is 13.8. The monoisotopic (exact) mass is 339 g/mol. The standard InChI is InChI=1S/C14H14BrNO2S/c1-9(7-11-3-2-6-19-11)16-13-5-4-10(14(17)18)8-12(13)15/h2-6,8-9,16H,7H2,1H3,(H,17,18). The van der Waals surface area contributed by atoms with Gasteiger partial charge >= 0.3 is 5.97 Å². The second-order valence-corrected chi connectivity index (χ2v) is 6.22. The smallest absolute Gasteiger partial charge is 0.335 e. The van der Waals surface area contributed by atoms with Gasteiger partial charge in [0.2, 0.25) is 0 Å². The summed E-state index contributed by atoms with van der Waals surface area (Å²) in [6.45, 7) is 2.11. The van der Waals surface area contributed by atoms with Gasteiger partial charge in [0.25, 0.3) is 0 Å². The van der Waals surface area contributed by atoms with Crippen molar-refractivity contribution in [3.8, 4) is 0 Å². The van der Waals surface area contributed by atoms with Crippen LogP contribution in [0.15, 0.2) is 40.2 Å². The highest BCUT2D eigenvalue weighted by molar-refractivity contribution is 9.10. The summed E-state index contributed by atoms with van der Waals surface area (Å²) in [5.41, 5.74) is 1.19. The number of hydrogen-bond donors (Lipinski definition) is 2. The second-order valence-electron chi connectivity index (χ2n) is 4.33. The van der Waals surface area contributed by atoms with Gasteiger partial charge in [-0.1, -0.05) is 6.07 Å². The molecule has 2 N–H and O–H groups in total. The zero-order valence-corrected chi connectivity index (χ0v) is 12.8. The second kappa shape index (κ2) is 6.21. The van der Waals surface area contributed by atoms with Crippen molar-refractivity contribution < 1.29 is 9.90 Å². The number of halogens is 1. The number of carboxylic acid groups (broad SMARTS) is 1. The fraction of sp³-hybridized carbons (Fsp3) is 0.214. The van der Waals surface area contributed by atoms with Crippen LogP contribution in [0.2, 0.25) is 0 Å². The summed E-state index contributed by atoms with van der Waals surface area (Å²) < 4.78 is 0.769. The minimum atomic E-state index is -0.918. The Kier molecular flexibility index (Phi) is 4.61. The highest BCUT2D eigenvalue weighted by Crippen LogP contribution is 2.25. The SMILES string of the molecule is CC(Cc1cccs1)Nc1ccc(C(=O)O)cc1Br. The van der Waals surface area contributed by atoms with Crippen molar-refractivity contribution >= 4 is 38.9 Å². The molecule has 0 aliphatic heterocycles. The van der Waals surface area contributed by atoms with Crippen LogP contribution in [-0.4, -0.2) is 17.1 Å². The molecule has 5 heteroatoms. The van der Waals surface area contributed by atoms with Gasteiger partial charge in [0.1, 0.15) is 0 Å². The number of hydrogen-bond acceptors (Lipinski definition) is 3. The molecule has 0 radical (unpaired) electrons. The van der Waals surface area contributed by atoms with Crippen LogP contribution >= 0.6 is 27.3 Å². The predicted molar refractivity (Wildman–Crippen MR) is 82.2 cm³/mol. The van der Waals surface area contributed by atoms with Gasteiger partial charge in [-0.2, -0.15) is 0 Å². The van der Waals surface area contributed by atoms with Crippen LogP contribution in [0.3, 0.4) is 0 Å². The van der Waals surface area contributed by atoms with Crippen molar-refractivity contribution in [1.82, 2.24) is 0 Å². The Bertz CT molecular complexity index is 569.